The Morgan fingerprint density at radius 2 is 1.69 bits per heavy atom. The second-order valence-electron chi connectivity index (χ2n) is 6.38. The van der Waals surface area contributed by atoms with Crippen LogP contribution in [0.3, 0.4) is 0 Å². The number of carbonyl (C=O) groups excluding carboxylic acids is 2. The Labute approximate surface area is 168 Å². The number of amides is 1. The Bertz CT molecular complexity index is 900. The molecule has 0 spiro atoms. The topological polar surface area (TPSA) is 92.3 Å². The van der Waals surface area contributed by atoms with Crippen molar-refractivity contribution in [1.82, 2.24) is 5.32 Å². The maximum Gasteiger partial charge on any atom is 0.337 e. The first-order valence-electron chi connectivity index (χ1n) is 8.96. The van der Waals surface area contributed by atoms with E-state index < -0.39 is 5.97 Å². The van der Waals surface area contributed by atoms with Crippen LogP contribution in [0.1, 0.15) is 26.3 Å². The molecule has 0 saturated heterocycles. The molecule has 1 aliphatic heterocycles. The normalized spacial score (nSPS) is 14.4. The minimum atomic E-state index is -0.396. The van der Waals surface area contributed by atoms with Crippen molar-refractivity contribution < 1.29 is 33.3 Å². The van der Waals surface area contributed by atoms with Gasteiger partial charge in [-0.05, 0) is 35.9 Å². The van der Waals surface area contributed by atoms with Crippen LogP contribution < -0.4 is 24.3 Å². The fourth-order valence-electron chi connectivity index (χ4n) is 3.20. The molecule has 1 aliphatic rings. The smallest absolute Gasteiger partial charge is 0.337 e. The van der Waals surface area contributed by atoms with Crippen LogP contribution >= 0.6 is 0 Å². The highest BCUT2D eigenvalue weighted by atomic mass is 16.5. The van der Waals surface area contributed by atoms with Crippen molar-refractivity contribution in [1.29, 1.82) is 0 Å². The van der Waals surface area contributed by atoms with Crippen LogP contribution in [0.25, 0.3) is 0 Å². The molecule has 1 atom stereocenters. The van der Waals surface area contributed by atoms with E-state index in [4.69, 9.17) is 23.7 Å². The average molecular weight is 401 g/mol. The first-order chi connectivity index (χ1) is 14.0. The molecule has 0 fully saturated rings. The highest BCUT2D eigenvalue weighted by molar-refractivity contribution is 5.95. The monoisotopic (exact) mass is 401 g/mol. The number of carbonyl (C=O) groups is 2. The molecule has 0 unspecified atom stereocenters. The van der Waals surface area contributed by atoms with Gasteiger partial charge >= 0.3 is 5.97 Å². The standard InChI is InChI=1S/C21H23NO7/c1-25-17-9-14(10-18(26-2)19(17)27-3)20(23)22-11-15-8-13-7-12(21(24)28-4)5-6-16(13)29-15/h5-7,9-10,15H,8,11H2,1-4H3,(H,22,23)/t15-/m1/s1. The average Bonchev–Trinajstić information content (AvgIpc) is 3.17. The van der Waals surface area contributed by atoms with E-state index in [-0.39, 0.29) is 12.0 Å². The molecule has 2 aromatic carbocycles. The van der Waals surface area contributed by atoms with Crippen molar-refractivity contribution in [2.75, 3.05) is 35.0 Å². The van der Waals surface area contributed by atoms with E-state index in [2.05, 4.69) is 5.32 Å². The van der Waals surface area contributed by atoms with E-state index in [1.54, 1.807) is 30.3 Å². The predicted molar refractivity (Wildman–Crippen MR) is 104 cm³/mol. The Morgan fingerprint density at radius 1 is 1.00 bits per heavy atom. The van der Waals surface area contributed by atoms with Crippen LogP contribution in [-0.2, 0) is 11.2 Å². The summed E-state index contributed by atoms with van der Waals surface area (Å²) in [6, 6.07) is 8.32. The third-order valence-corrected chi connectivity index (χ3v) is 4.64. The minimum Gasteiger partial charge on any atom is -0.493 e. The van der Waals surface area contributed by atoms with Gasteiger partial charge in [0.05, 0.1) is 40.5 Å². The summed E-state index contributed by atoms with van der Waals surface area (Å²) < 4.78 is 26.4. The maximum absolute atomic E-state index is 12.6. The van der Waals surface area contributed by atoms with Gasteiger partial charge in [-0.25, -0.2) is 4.79 Å². The summed E-state index contributed by atoms with van der Waals surface area (Å²) >= 11 is 0. The van der Waals surface area contributed by atoms with Gasteiger partial charge < -0.3 is 29.0 Å². The van der Waals surface area contributed by atoms with E-state index in [0.29, 0.717) is 47.1 Å². The number of benzene rings is 2. The van der Waals surface area contributed by atoms with Crippen molar-refractivity contribution in [3.05, 3.63) is 47.0 Å². The van der Waals surface area contributed by atoms with Crippen LogP contribution in [0.2, 0.25) is 0 Å². The molecule has 1 amide bonds. The highest BCUT2D eigenvalue weighted by Crippen LogP contribution is 2.38. The van der Waals surface area contributed by atoms with Gasteiger partial charge in [0, 0.05) is 12.0 Å². The fourth-order valence-corrected chi connectivity index (χ4v) is 3.20. The summed E-state index contributed by atoms with van der Waals surface area (Å²) in [7, 11) is 5.82. The van der Waals surface area contributed by atoms with Gasteiger partial charge in [0.15, 0.2) is 11.5 Å². The summed E-state index contributed by atoms with van der Waals surface area (Å²) in [6.45, 7) is 0.303. The molecule has 8 heteroatoms. The largest absolute Gasteiger partial charge is 0.493 e. The molecule has 29 heavy (non-hydrogen) atoms. The van der Waals surface area contributed by atoms with Gasteiger partial charge in [0.1, 0.15) is 11.9 Å². The lowest BCUT2D eigenvalue weighted by Gasteiger charge is -2.15. The minimum absolute atomic E-state index is 0.233. The molecular weight excluding hydrogens is 378 g/mol. The maximum atomic E-state index is 12.6. The Hall–Kier alpha value is -3.42. The van der Waals surface area contributed by atoms with Crippen molar-refractivity contribution in [2.45, 2.75) is 12.5 Å². The van der Waals surface area contributed by atoms with Crippen LogP contribution in [0, 0.1) is 0 Å². The van der Waals surface area contributed by atoms with E-state index >= 15 is 0 Å². The number of ether oxygens (including phenoxy) is 5. The van der Waals surface area contributed by atoms with Crippen LogP contribution in [0.15, 0.2) is 30.3 Å². The SMILES string of the molecule is COC(=O)c1ccc2c(c1)C[C@H](CNC(=O)c1cc(OC)c(OC)c(OC)c1)O2. The number of nitrogens with one attached hydrogen (secondary N) is 1. The third-order valence-electron chi connectivity index (χ3n) is 4.64. The zero-order valence-electron chi connectivity index (χ0n) is 16.7. The van der Waals surface area contributed by atoms with Crippen molar-refractivity contribution in [3.63, 3.8) is 0 Å². The summed E-state index contributed by atoms with van der Waals surface area (Å²) in [5.41, 5.74) is 1.75. The van der Waals surface area contributed by atoms with Gasteiger partial charge in [-0.15, -0.1) is 0 Å². The van der Waals surface area contributed by atoms with E-state index in [1.807, 2.05) is 0 Å². The van der Waals surface area contributed by atoms with Crippen molar-refractivity contribution in [2.24, 2.45) is 0 Å². The van der Waals surface area contributed by atoms with Crippen LogP contribution in [0.5, 0.6) is 23.0 Å². The van der Waals surface area contributed by atoms with Crippen molar-refractivity contribution >= 4 is 11.9 Å². The van der Waals surface area contributed by atoms with E-state index in [9.17, 15) is 9.59 Å². The summed E-state index contributed by atoms with van der Waals surface area (Å²) in [4.78, 5) is 24.3. The zero-order chi connectivity index (χ0) is 21.0. The molecule has 8 nitrogen and oxygen atoms in total. The lowest BCUT2D eigenvalue weighted by molar-refractivity contribution is 0.0600. The lowest BCUT2D eigenvalue weighted by Crippen LogP contribution is -2.34. The number of esters is 1. The molecule has 1 N–H and O–H groups in total. The molecule has 3 rings (SSSR count). The van der Waals surface area contributed by atoms with Gasteiger partial charge in [-0.2, -0.15) is 0 Å². The number of hydrogen-bond donors (Lipinski definition) is 1. The molecule has 0 aliphatic carbocycles. The van der Waals surface area contributed by atoms with E-state index in [1.165, 1.54) is 28.4 Å². The Balaban J connectivity index is 1.66. The molecule has 2 aromatic rings. The number of rotatable bonds is 7. The van der Waals surface area contributed by atoms with Gasteiger partial charge in [0.2, 0.25) is 5.75 Å². The van der Waals surface area contributed by atoms with Crippen molar-refractivity contribution in [3.8, 4) is 23.0 Å². The van der Waals surface area contributed by atoms with Gasteiger partial charge in [-0.3, -0.25) is 4.79 Å². The predicted octanol–water partition coefficient (Wildman–Crippen LogP) is 2.23. The number of fused-ring (bicyclic) bond motifs is 1. The molecule has 154 valence electrons. The third kappa shape index (κ3) is 4.21. The number of methoxy groups -OCH3 is 4. The second kappa shape index (κ2) is 8.72. The van der Waals surface area contributed by atoms with Gasteiger partial charge in [-0.1, -0.05) is 0 Å². The summed E-state index contributed by atoms with van der Waals surface area (Å²) in [5.74, 6) is 1.23. The molecule has 0 saturated carbocycles. The quantitative estimate of drug-likeness (QED) is 0.711. The summed E-state index contributed by atoms with van der Waals surface area (Å²) in [6.07, 6.45) is 0.347. The summed E-state index contributed by atoms with van der Waals surface area (Å²) in [5, 5.41) is 2.86. The molecule has 1 heterocycles. The number of hydrogen-bond acceptors (Lipinski definition) is 7. The fraction of sp³-hybridized carbons (Fsp3) is 0.333. The second-order valence-corrected chi connectivity index (χ2v) is 6.38. The zero-order valence-corrected chi connectivity index (χ0v) is 16.7. The first-order valence-corrected chi connectivity index (χ1v) is 8.96. The molecular formula is C21H23NO7. The lowest BCUT2D eigenvalue weighted by atomic mass is 10.1. The Morgan fingerprint density at radius 3 is 2.28 bits per heavy atom. The van der Waals surface area contributed by atoms with E-state index in [0.717, 1.165) is 5.56 Å². The van der Waals surface area contributed by atoms with Crippen LogP contribution in [-0.4, -0.2) is 53.0 Å². The molecule has 0 radical (unpaired) electrons. The van der Waals surface area contributed by atoms with Gasteiger partial charge in [0.25, 0.3) is 5.91 Å². The highest BCUT2D eigenvalue weighted by Gasteiger charge is 2.25. The molecule has 0 bridgehead atoms. The first kappa shape index (κ1) is 20.3. The Kier molecular flexibility index (Phi) is 6.11. The van der Waals surface area contributed by atoms with Crippen LogP contribution in [0.4, 0.5) is 0 Å². The molecule has 0 aromatic heterocycles.